The zero-order valence-corrected chi connectivity index (χ0v) is 13.4. The van der Waals surface area contributed by atoms with Gasteiger partial charge in [-0.1, -0.05) is 11.8 Å². The summed E-state index contributed by atoms with van der Waals surface area (Å²) in [6.45, 7) is 6.66. The molecule has 21 heavy (non-hydrogen) atoms. The quantitative estimate of drug-likeness (QED) is 0.672. The summed E-state index contributed by atoms with van der Waals surface area (Å²) in [5, 5.41) is 0.712. The first kappa shape index (κ1) is 14.4. The van der Waals surface area contributed by atoms with Crippen LogP contribution < -0.4 is 5.56 Å². The van der Waals surface area contributed by atoms with Gasteiger partial charge in [-0.3, -0.25) is 9.69 Å². The summed E-state index contributed by atoms with van der Waals surface area (Å²) in [6, 6.07) is 2.18. The molecule has 0 radical (unpaired) electrons. The van der Waals surface area contributed by atoms with Crippen LogP contribution in [0.5, 0.6) is 0 Å². The van der Waals surface area contributed by atoms with E-state index >= 15 is 0 Å². The molecule has 0 fully saturated rings. The molecule has 112 valence electrons. The van der Waals surface area contributed by atoms with E-state index in [2.05, 4.69) is 39.8 Å². The summed E-state index contributed by atoms with van der Waals surface area (Å²) in [7, 11) is 0. The topological polar surface area (TPSA) is 64.8 Å². The van der Waals surface area contributed by atoms with Crippen LogP contribution >= 0.6 is 11.8 Å². The summed E-state index contributed by atoms with van der Waals surface area (Å²) < 4.78 is 0. The molecule has 0 bridgehead atoms. The maximum atomic E-state index is 12.2. The molecule has 1 aliphatic rings. The first-order chi connectivity index (χ1) is 10.1. The molecular formula is C15H20N4OS. The number of H-pyrrole nitrogens is 2. The highest BCUT2D eigenvalue weighted by atomic mass is 32.2. The molecule has 0 atom stereocenters. The van der Waals surface area contributed by atoms with Gasteiger partial charge in [0.1, 0.15) is 0 Å². The number of nitrogens with zero attached hydrogens (tertiary/aromatic N) is 2. The van der Waals surface area contributed by atoms with Gasteiger partial charge in [0.25, 0.3) is 5.56 Å². The lowest BCUT2D eigenvalue weighted by Gasteiger charge is -2.27. The van der Waals surface area contributed by atoms with Gasteiger partial charge in [0.2, 0.25) is 0 Å². The zero-order chi connectivity index (χ0) is 15.0. The van der Waals surface area contributed by atoms with Gasteiger partial charge >= 0.3 is 0 Å². The first-order valence-electron chi connectivity index (χ1n) is 7.10. The largest absolute Gasteiger partial charge is 0.362 e. The van der Waals surface area contributed by atoms with Crippen LogP contribution in [0.2, 0.25) is 0 Å². The average Bonchev–Trinajstić information content (AvgIpc) is 2.77. The predicted octanol–water partition coefficient (Wildman–Crippen LogP) is 2.00. The Morgan fingerprint density at radius 2 is 2.19 bits per heavy atom. The van der Waals surface area contributed by atoms with E-state index in [1.807, 2.05) is 6.26 Å². The SMILES string of the molecule is CSc1nc2c(c(=O)[nH]1)CN(Cc1cc(C)[nH]c1C)CC2. The Morgan fingerprint density at radius 3 is 2.86 bits per heavy atom. The minimum atomic E-state index is 0.0102. The van der Waals surface area contributed by atoms with Gasteiger partial charge in [-0.15, -0.1) is 0 Å². The van der Waals surface area contributed by atoms with E-state index in [0.717, 1.165) is 30.8 Å². The Kier molecular flexibility index (Phi) is 3.91. The third-order valence-electron chi connectivity index (χ3n) is 3.97. The number of hydrogen-bond acceptors (Lipinski definition) is 4. The molecular weight excluding hydrogens is 284 g/mol. The number of aryl methyl sites for hydroxylation is 2. The van der Waals surface area contributed by atoms with Crippen LogP contribution in [0, 0.1) is 13.8 Å². The number of aromatic amines is 2. The maximum absolute atomic E-state index is 12.2. The van der Waals surface area contributed by atoms with Crippen LogP contribution in [-0.4, -0.2) is 32.7 Å². The Bertz CT molecular complexity index is 719. The van der Waals surface area contributed by atoms with E-state index in [4.69, 9.17) is 0 Å². The number of aromatic nitrogens is 3. The van der Waals surface area contributed by atoms with E-state index in [0.29, 0.717) is 11.7 Å². The van der Waals surface area contributed by atoms with Gasteiger partial charge in [0, 0.05) is 37.4 Å². The van der Waals surface area contributed by atoms with Crippen molar-refractivity contribution in [1.29, 1.82) is 0 Å². The fraction of sp³-hybridized carbons (Fsp3) is 0.467. The second kappa shape index (κ2) is 5.69. The molecule has 3 rings (SSSR count). The van der Waals surface area contributed by atoms with Crippen molar-refractivity contribution in [3.63, 3.8) is 0 Å². The molecule has 1 aliphatic heterocycles. The lowest BCUT2D eigenvalue weighted by Crippen LogP contribution is -2.35. The molecule has 0 saturated carbocycles. The van der Waals surface area contributed by atoms with Crippen molar-refractivity contribution in [1.82, 2.24) is 19.9 Å². The Hall–Kier alpha value is -1.53. The van der Waals surface area contributed by atoms with Crippen LogP contribution in [-0.2, 0) is 19.5 Å². The summed E-state index contributed by atoms with van der Waals surface area (Å²) in [6.07, 6.45) is 2.77. The minimum Gasteiger partial charge on any atom is -0.362 e. The van der Waals surface area contributed by atoms with E-state index in [-0.39, 0.29) is 5.56 Å². The van der Waals surface area contributed by atoms with Crippen molar-refractivity contribution in [2.45, 2.75) is 38.5 Å². The van der Waals surface area contributed by atoms with Crippen molar-refractivity contribution < 1.29 is 0 Å². The molecule has 2 aromatic heterocycles. The highest BCUT2D eigenvalue weighted by Crippen LogP contribution is 2.19. The van der Waals surface area contributed by atoms with Gasteiger partial charge in [-0.05, 0) is 31.7 Å². The first-order valence-corrected chi connectivity index (χ1v) is 8.33. The monoisotopic (exact) mass is 304 g/mol. The lowest BCUT2D eigenvalue weighted by atomic mass is 10.1. The maximum Gasteiger partial charge on any atom is 0.256 e. The number of thioether (sulfide) groups is 1. The van der Waals surface area contributed by atoms with E-state index in [9.17, 15) is 4.79 Å². The Balaban J connectivity index is 1.81. The molecule has 0 saturated heterocycles. The fourth-order valence-electron chi connectivity index (χ4n) is 2.88. The summed E-state index contributed by atoms with van der Waals surface area (Å²) in [5.74, 6) is 0. The Labute approximate surface area is 128 Å². The Morgan fingerprint density at radius 1 is 1.38 bits per heavy atom. The molecule has 6 heteroatoms. The predicted molar refractivity (Wildman–Crippen MR) is 84.7 cm³/mol. The summed E-state index contributed by atoms with van der Waals surface area (Å²) in [5.41, 5.74) is 5.49. The third kappa shape index (κ3) is 2.91. The van der Waals surface area contributed by atoms with Crippen molar-refractivity contribution in [3.05, 3.63) is 44.6 Å². The van der Waals surface area contributed by atoms with Crippen molar-refractivity contribution in [2.24, 2.45) is 0 Å². The molecule has 5 nitrogen and oxygen atoms in total. The summed E-state index contributed by atoms with van der Waals surface area (Å²) in [4.78, 5) is 25.2. The summed E-state index contributed by atoms with van der Waals surface area (Å²) >= 11 is 1.48. The standard InChI is InChI=1S/C15H20N4OS/c1-9-6-11(10(2)16-9)7-19-5-4-13-12(8-19)14(20)18-15(17-13)21-3/h6,16H,4-5,7-8H2,1-3H3,(H,17,18,20). The minimum absolute atomic E-state index is 0.0102. The van der Waals surface area contributed by atoms with Crippen LogP contribution in [0.25, 0.3) is 0 Å². The van der Waals surface area contributed by atoms with Gasteiger partial charge in [-0.25, -0.2) is 4.98 Å². The van der Waals surface area contributed by atoms with Crippen molar-refractivity contribution in [3.8, 4) is 0 Å². The van der Waals surface area contributed by atoms with Crippen LogP contribution in [0.4, 0.5) is 0 Å². The van der Waals surface area contributed by atoms with E-state index < -0.39 is 0 Å². The second-order valence-electron chi connectivity index (χ2n) is 5.56. The smallest absolute Gasteiger partial charge is 0.256 e. The number of hydrogen-bond donors (Lipinski definition) is 2. The lowest BCUT2D eigenvalue weighted by molar-refractivity contribution is 0.240. The molecule has 0 amide bonds. The normalized spacial score (nSPS) is 15.2. The molecule has 0 aromatic carbocycles. The van der Waals surface area contributed by atoms with Crippen molar-refractivity contribution in [2.75, 3.05) is 12.8 Å². The highest BCUT2D eigenvalue weighted by Gasteiger charge is 2.21. The molecule has 2 aromatic rings. The fourth-order valence-corrected chi connectivity index (χ4v) is 3.27. The number of fused-ring (bicyclic) bond motifs is 1. The number of nitrogens with one attached hydrogen (secondary N) is 2. The molecule has 2 N–H and O–H groups in total. The van der Waals surface area contributed by atoms with Crippen LogP contribution in [0.1, 0.15) is 28.2 Å². The number of rotatable bonds is 3. The van der Waals surface area contributed by atoms with Gasteiger partial charge < -0.3 is 9.97 Å². The van der Waals surface area contributed by atoms with E-state index in [1.165, 1.54) is 28.7 Å². The molecule has 0 spiro atoms. The molecule has 3 heterocycles. The molecule has 0 aliphatic carbocycles. The van der Waals surface area contributed by atoms with Gasteiger partial charge in [-0.2, -0.15) is 0 Å². The van der Waals surface area contributed by atoms with Crippen molar-refractivity contribution >= 4 is 11.8 Å². The van der Waals surface area contributed by atoms with E-state index in [1.54, 1.807) is 0 Å². The average molecular weight is 304 g/mol. The van der Waals surface area contributed by atoms with Gasteiger partial charge in [0.15, 0.2) is 5.16 Å². The van der Waals surface area contributed by atoms with Crippen LogP contribution in [0.3, 0.4) is 0 Å². The second-order valence-corrected chi connectivity index (χ2v) is 6.36. The third-order valence-corrected chi connectivity index (χ3v) is 4.55. The highest BCUT2D eigenvalue weighted by molar-refractivity contribution is 7.98. The molecule has 0 unspecified atom stereocenters. The zero-order valence-electron chi connectivity index (χ0n) is 12.6. The van der Waals surface area contributed by atoms with Crippen LogP contribution in [0.15, 0.2) is 16.0 Å². The van der Waals surface area contributed by atoms with Gasteiger partial charge in [0.05, 0.1) is 11.3 Å².